The summed E-state index contributed by atoms with van der Waals surface area (Å²) in [4.78, 5) is 12.8. The molecule has 0 saturated carbocycles. The zero-order chi connectivity index (χ0) is 13.7. The van der Waals surface area contributed by atoms with Crippen LogP contribution in [-0.2, 0) is 22.5 Å². The number of ether oxygens (including phenoxy) is 1. The lowest BCUT2D eigenvalue weighted by Gasteiger charge is -2.27. The number of nitrogens with zero attached hydrogens (tertiary/aromatic N) is 1. The molecule has 1 aliphatic heterocycles. The number of aryl methyl sites for hydroxylation is 1. The van der Waals surface area contributed by atoms with Gasteiger partial charge in [-0.1, -0.05) is 23.7 Å². The van der Waals surface area contributed by atoms with Crippen LogP contribution in [-0.4, -0.2) is 42.3 Å². The number of rotatable bonds is 5. The number of carbonyl (C=O) groups is 1. The van der Waals surface area contributed by atoms with E-state index in [9.17, 15) is 4.79 Å². The van der Waals surface area contributed by atoms with Gasteiger partial charge in [0, 0.05) is 31.1 Å². The molecule has 0 unspecified atom stereocenters. The Morgan fingerprint density at radius 2 is 2.11 bits per heavy atom. The Hall–Kier alpha value is -1.10. The Bertz CT molecular complexity index is 444. The lowest BCUT2D eigenvalue weighted by atomic mass is 10.1. The molecule has 0 aromatic heterocycles. The fourth-order valence-electron chi connectivity index (χ4n) is 2.13. The fraction of sp³-hybridized carbons (Fsp3) is 0.500. The number of carboxylic acid groups (broad SMARTS) is 1. The van der Waals surface area contributed by atoms with Crippen molar-refractivity contribution in [3.05, 3.63) is 34.3 Å². The van der Waals surface area contributed by atoms with Gasteiger partial charge < -0.3 is 9.84 Å². The summed E-state index contributed by atoms with van der Waals surface area (Å²) in [5.41, 5.74) is 2.06. The Balaban J connectivity index is 1.96. The number of hydrogen-bond acceptors (Lipinski definition) is 3. The van der Waals surface area contributed by atoms with E-state index in [0.29, 0.717) is 6.42 Å². The first-order chi connectivity index (χ1) is 9.15. The third-order valence-corrected chi connectivity index (χ3v) is 3.59. The van der Waals surface area contributed by atoms with E-state index in [2.05, 4.69) is 4.90 Å². The number of carboxylic acids is 1. The first-order valence-electron chi connectivity index (χ1n) is 6.44. The molecule has 1 saturated heterocycles. The Morgan fingerprint density at radius 3 is 2.74 bits per heavy atom. The second-order valence-corrected chi connectivity index (χ2v) is 5.12. The van der Waals surface area contributed by atoms with Crippen LogP contribution in [0.4, 0.5) is 0 Å². The molecule has 104 valence electrons. The molecular formula is C14H18ClNO3. The van der Waals surface area contributed by atoms with Gasteiger partial charge in [0.05, 0.1) is 13.2 Å². The minimum atomic E-state index is -0.784. The molecule has 19 heavy (non-hydrogen) atoms. The monoisotopic (exact) mass is 283 g/mol. The third-order valence-electron chi connectivity index (χ3n) is 3.24. The molecule has 1 aromatic rings. The third kappa shape index (κ3) is 4.49. The lowest BCUT2D eigenvalue weighted by molar-refractivity contribution is -0.136. The highest BCUT2D eigenvalue weighted by Gasteiger charge is 2.12. The van der Waals surface area contributed by atoms with Crippen molar-refractivity contribution in [3.8, 4) is 0 Å². The highest BCUT2D eigenvalue weighted by Crippen LogP contribution is 2.21. The van der Waals surface area contributed by atoms with Gasteiger partial charge in [-0.15, -0.1) is 0 Å². The van der Waals surface area contributed by atoms with E-state index in [-0.39, 0.29) is 6.42 Å². The van der Waals surface area contributed by atoms with Crippen molar-refractivity contribution in [2.24, 2.45) is 0 Å². The van der Waals surface area contributed by atoms with Crippen LogP contribution in [0.15, 0.2) is 18.2 Å². The van der Waals surface area contributed by atoms with Gasteiger partial charge in [-0.25, -0.2) is 0 Å². The topological polar surface area (TPSA) is 49.8 Å². The van der Waals surface area contributed by atoms with Crippen LogP contribution in [0.2, 0.25) is 5.02 Å². The summed E-state index contributed by atoms with van der Waals surface area (Å²) in [7, 11) is 0. The van der Waals surface area contributed by atoms with Crippen LogP contribution < -0.4 is 0 Å². The largest absolute Gasteiger partial charge is 0.481 e. The van der Waals surface area contributed by atoms with E-state index < -0.39 is 5.97 Å². The lowest BCUT2D eigenvalue weighted by Crippen LogP contribution is -2.35. The minimum absolute atomic E-state index is 0.138. The van der Waals surface area contributed by atoms with E-state index in [1.54, 1.807) is 0 Å². The second-order valence-electron chi connectivity index (χ2n) is 4.71. The van der Waals surface area contributed by atoms with Crippen molar-refractivity contribution < 1.29 is 14.6 Å². The Morgan fingerprint density at radius 1 is 1.37 bits per heavy atom. The fourth-order valence-corrected chi connectivity index (χ4v) is 2.39. The molecule has 0 atom stereocenters. The van der Waals surface area contributed by atoms with Gasteiger partial charge in [0.15, 0.2) is 0 Å². The molecular weight excluding hydrogens is 266 g/mol. The highest BCUT2D eigenvalue weighted by atomic mass is 35.5. The Labute approximate surface area is 117 Å². The van der Waals surface area contributed by atoms with Crippen molar-refractivity contribution in [3.63, 3.8) is 0 Å². The number of halogens is 1. The normalized spacial score (nSPS) is 16.5. The summed E-state index contributed by atoms with van der Waals surface area (Å²) < 4.78 is 5.31. The van der Waals surface area contributed by atoms with Gasteiger partial charge >= 0.3 is 5.97 Å². The van der Waals surface area contributed by atoms with Crippen LogP contribution in [0.25, 0.3) is 0 Å². The summed E-state index contributed by atoms with van der Waals surface area (Å²) in [6.07, 6.45) is 0.659. The predicted molar refractivity (Wildman–Crippen MR) is 73.5 cm³/mol. The van der Waals surface area contributed by atoms with Gasteiger partial charge in [0.25, 0.3) is 0 Å². The van der Waals surface area contributed by atoms with E-state index >= 15 is 0 Å². The van der Waals surface area contributed by atoms with Crippen LogP contribution in [0.5, 0.6) is 0 Å². The summed E-state index contributed by atoms with van der Waals surface area (Å²) >= 11 is 6.26. The summed E-state index contributed by atoms with van der Waals surface area (Å²) in [5.74, 6) is -0.784. The van der Waals surface area contributed by atoms with Gasteiger partial charge in [0.1, 0.15) is 0 Å². The number of morpholine rings is 1. The van der Waals surface area contributed by atoms with Gasteiger partial charge in [-0.2, -0.15) is 0 Å². The maximum Gasteiger partial charge on any atom is 0.303 e. The van der Waals surface area contributed by atoms with E-state index in [4.69, 9.17) is 21.4 Å². The minimum Gasteiger partial charge on any atom is -0.481 e. The molecule has 2 rings (SSSR count). The molecule has 4 nitrogen and oxygen atoms in total. The molecule has 0 aliphatic carbocycles. The van der Waals surface area contributed by atoms with Crippen molar-refractivity contribution in [2.45, 2.75) is 19.4 Å². The molecule has 0 radical (unpaired) electrons. The predicted octanol–water partition coefficient (Wildman–Crippen LogP) is 2.19. The molecule has 1 N–H and O–H groups in total. The van der Waals surface area contributed by atoms with E-state index in [1.165, 1.54) is 0 Å². The SMILES string of the molecule is O=C(O)CCc1ccc(CN2CCOCC2)c(Cl)c1. The standard InChI is InChI=1S/C14H18ClNO3/c15-13-9-11(2-4-14(17)18)1-3-12(13)10-16-5-7-19-8-6-16/h1,3,9H,2,4-8,10H2,(H,17,18). The highest BCUT2D eigenvalue weighted by molar-refractivity contribution is 6.31. The van der Waals surface area contributed by atoms with E-state index in [0.717, 1.165) is 49.0 Å². The van der Waals surface area contributed by atoms with Crippen molar-refractivity contribution >= 4 is 17.6 Å². The smallest absolute Gasteiger partial charge is 0.303 e. The zero-order valence-electron chi connectivity index (χ0n) is 10.8. The maximum atomic E-state index is 10.5. The summed E-state index contributed by atoms with van der Waals surface area (Å²) in [6, 6.07) is 5.83. The average molecular weight is 284 g/mol. The van der Waals surface area contributed by atoms with Crippen molar-refractivity contribution in [1.82, 2.24) is 4.90 Å². The van der Waals surface area contributed by atoms with Crippen LogP contribution in [0.1, 0.15) is 17.5 Å². The number of benzene rings is 1. The average Bonchev–Trinajstić information content (AvgIpc) is 2.40. The molecule has 0 bridgehead atoms. The number of aliphatic carboxylic acids is 1. The Kier molecular flexibility index (Phi) is 5.19. The summed E-state index contributed by atoms with van der Waals surface area (Å²) in [5, 5.41) is 9.38. The maximum absolute atomic E-state index is 10.5. The van der Waals surface area contributed by atoms with Crippen LogP contribution >= 0.6 is 11.6 Å². The van der Waals surface area contributed by atoms with Crippen LogP contribution in [0.3, 0.4) is 0 Å². The molecule has 1 aliphatic rings. The molecule has 0 spiro atoms. The van der Waals surface area contributed by atoms with Gasteiger partial charge in [-0.05, 0) is 23.6 Å². The molecule has 0 amide bonds. The second kappa shape index (κ2) is 6.89. The first-order valence-corrected chi connectivity index (χ1v) is 6.82. The van der Waals surface area contributed by atoms with E-state index in [1.807, 2.05) is 18.2 Å². The van der Waals surface area contributed by atoms with Gasteiger partial charge in [0.2, 0.25) is 0 Å². The quantitative estimate of drug-likeness (QED) is 0.900. The first kappa shape index (κ1) is 14.3. The zero-order valence-corrected chi connectivity index (χ0v) is 11.5. The molecule has 1 fully saturated rings. The van der Waals surface area contributed by atoms with Crippen LogP contribution in [0, 0.1) is 0 Å². The molecule has 5 heteroatoms. The molecule has 1 heterocycles. The molecule has 1 aromatic carbocycles. The van der Waals surface area contributed by atoms with Crippen molar-refractivity contribution in [1.29, 1.82) is 0 Å². The van der Waals surface area contributed by atoms with Gasteiger partial charge in [-0.3, -0.25) is 9.69 Å². The number of hydrogen-bond donors (Lipinski definition) is 1. The van der Waals surface area contributed by atoms with Crippen molar-refractivity contribution in [2.75, 3.05) is 26.3 Å². The summed E-state index contributed by atoms with van der Waals surface area (Å²) in [6.45, 7) is 4.22.